The normalized spacial score (nSPS) is 14.4. The number of rotatable bonds is 5. The van der Waals surface area contributed by atoms with Gasteiger partial charge in [-0.05, 0) is 57.2 Å². The van der Waals surface area contributed by atoms with Crippen molar-refractivity contribution in [2.45, 2.75) is 46.0 Å². The van der Waals surface area contributed by atoms with Crippen molar-refractivity contribution in [3.63, 3.8) is 0 Å². The van der Waals surface area contributed by atoms with Crippen LogP contribution in [-0.4, -0.2) is 50.6 Å². The monoisotopic (exact) mass is 393 g/mol. The van der Waals surface area contributed by atoms with Gasteiger partial charge in [-0.1, -0.05) is 12.1 Å². The van der Waals surface area contributed by atoms with E-state index in [0.29, 0.717) is 24.4 Å². The Morgan fingerprint density at radius 2 is 1.93 bits per heavy atom. The predicted molar refractivity (Wildman–Crippen MR) is 111 cm³/mol. The molecule has 1 aliphatic rings. The Labute approximate surface area is 170 Å². The number of aromatic nitrogens is 4. The number of aryl methyl sites for hydroxylation is 2. The highest BCUT2D eigenvalue weighted by atomic mass is 16.5. The molecule has 1 fully saturated rings. The number of hydrogen-bond donors (Lipinski definition) is 0. The van der Waals surface area contributed by atoms with E-state index in [9.17, 15) is 4.79 Å². The first-order valence-corrected chi connectivity index (χ1v) is 10.2. The maximum absolute atomic E-state index is 12.6. The topological polar surface area (TPSA) is 72.6 Å². The Morgan fingerprint density at radius 1 is 1.14 bits per heavy atom. The van der Waals surface area contributed by atoms with Gasteiger partial charge in [0.05, 0.1) is 7.11 Å². The molecule has 1 amide bonds. The molecule has 1 aromatic carbocycles. The average Bonchev–Trinajstić information content (AvgIpc) is 3.18. The minimum absolute atomic E-state index is 0.235. The Kier molecular flexibility index (Phi) is 5.47. The van der Waals surface area contributed by atoms with E-state index >= 15 is 0 Å². The van der Waals surface area contributed by atoms with Crippen molar-refractivity contribution in [2.75, 3.05) is 20.2 Å². The zero-order chi connectivity index (χ0) is 20.4. The molecule has 0 unspecified atom stereocenters. The highest BCUT2D eigenvalue weighted by Gasteiger charge is 2.19. The van der Waals surface area contributed by atoms with E-state index in [1.807, 2.05) is 43.0 Å². The van der Waals surface area contributed by atoms with E-state index in [1.165, 1.54) is 6.42 Å². The maximum Gasteiger partial charge on any atom is 0.253 e. The van der Waals surface area contributed by atoms with Gasteiger partial charge < -0.3 is 9.64 Å². The molecule has 4 rings (SSSR count). The number of fused-ring (bicyclic) bond motifs is 1. The largest absolute Gasteiger partial charge is 0.497 e. The minimum Gasteiger partial charge on any atom is -0.497 e. The fraction of sp³-hybridized carbons (Fsp3) is 0.455. The summed E-state index contributed by atoms with van der Waals surface area (Å²) in [6, 6.07) is 7.68. The van der Waals surface area contributed by atoms with Crippen LogP contribution in [0.4, 0.5) is 0 Å². The van der Waals surface area contributed by atoms with Crippen molar-refractivity contribution >= 4 is 11.7 Å². The number of hydrogen-bond acceptors (Lipinski definition) is 5. The second-order valence-corrected chi connectivity index (χ2v) is 7.58. The summed E-state index contributed by atoms with van der Waals surface area (Å²) < 4.78 is 7.08. The Bertz CT molecular complexity index is 1040. The molecule has 0 N–H and O–H groups in total. The van der Waals surface area contributed by atoms with Gasteiger partial charge in [0.25, 0.3) is 5.78 Å². The van der Waals surface area contributed by atoms with Gasteiger partial charge >= 0.3 is 0 Å². The van der Waals surface area contributed by atoms with Gasteiger partial charge in [-0.15, -0.1) is 5.10 Å². The van der Waals surface area contributed by atoms with Crippen LogP contribution in [0, 0.1) is 13.8 Å². The fourth-order valence-electron chi connectivity index (χ4n) is 3.99. The van der Waals surface area contributed by atoms with E-state index in [2.05, 4.69) is 15.1 Å². The highest BCUT2D eigenvalue weighted by Crippen LogP contribution is 2.23. The standard InChI is InChI=1S/C22H27N5O2/c1-15-19(10-11-20(28)26-12-5-4-6-13-26)16(2)27-22(23-15)24-21(25-27)17-8-7-9-18(14-17)29-3/h7-9,14H,4-6,10-13H2,1-3H3. The van der Waals surface area contributed by atoms with Gasteiger partial charge in [0.1, 0.15) is 5.75 Å². The minimum atomic E-state index is 0.235. The van der Waals surface area contributed by atoms with Crippen molar-refractivity contribution in [1.29, 1.82) is 0 Å². The lowest BCUT2D eigenvalue weighted by Gasteiger charge is -2.26. The van der Waals surface area contributed by atoms with Crippen molar-refractivity contribution < 1.29 is 9.53 Å². The van der Waals surface area contributed by atoms with Crippen LogP contribution in [0.15, 0.2) is 24.3 Å². The number of ether oxygens (including phenoxy) is 1. The third-order valence-electron chi connectivity index (χ3n) is 5.67. The summed E-state index contributed by atoms with van der Waals surface area (Å²) in [6.45, 7) is 5.78. The van der Waals surface area contributed by atoms with E-state index in [1.54, 1.807) is 11.6 Å². The van der Waals surface area contributed by atoms with E-state index < -0.39 is 0 Å². The van der Waals surface area contributed by atoms with E-state index in [4.69, 9.17) is 4.74 Å². The number of piperidine rings is 1. The Hall–Kier alpha value is -2.96. The molecule has 1 aliphatic heterocycles. The average molecular weight is 393 g/mol. The fourth-order valence-corrected chi connectivity index (χ4v) is 3.99. The summed E-state index contributed by atoms with van der Waals surface area (Å²) in [6.07, 6.45) is 4.63. The molecule has 0 aliphatic carbocycles. The molecule has 7 nitrogen and oxygen atoms in total. The summed E-state index contributed by atoms with van der Waals surface area (Å²) in [5.74, 6) is 2.18. The van der Waals surface area contributed by atoms with Crippen molar-refractivity contribution in [2.24, 2.45) is 0 Å². The summed E-state index contributed by atoms with van der Waals surface area (Å²) >= 11 is 0. The van der Waals surface area contributed by atoms with Crippen LogP contribution in [-0.2, 0) is 11.2 Å². The molecule has 0 bridgehead atoms. The van der Waals surface area contributed by atoms with Gasteiger partial charge in [-0.2, -0.15) is 4.98 Å². The first-order chi connectivity index (χ1) is 14.1. The molecule has 0 radical (unpaired) electrons. The van der Waals surface area contributed by atoms with Crippen molar-refractivity contribution in [3.05, 3.63) is 41.2 Å². The number of carbonyl (C=O) groups is 1. The highest BCUT2D eigenvalue weighted by molar-refractivity contribution is 5.76. The van der Waals surface area contributed by atoms with Gasteiger partial charge in [0, 0.05) is 36.5 Å². The van der Waals surface area contributed by atoms with Crippen LogP contribution >= 0.6 is 0 Å². The Morgan fingerprint density at radius 3 is 2.69 bits per heavy atom. The Balaban J connectivity index is 1.59. The summed E-state index contributed by atoms with van der Waals surface area (Å²) in [5.41, 5.74) is 3.85. The maximum atomic E-state index is 12.6. The second kappa shape index (κ2) is 8.19. The van der Waals surface area contributed by atoms with E-state index in [0.717, 1.165) is 54.2 Å². The smallest absolute Gasteiger partial charge is 0.253 e. The SMILES string of the molecule is COc1cccc(-c2nc3nc(C)c(CCC(=O)N4CCCCC4)c(C)n3n2)c1. The van der Waals surface area contributed by atoms with Crippen LogP contribution in [0.25, 0.3) is 17.2 Å². The third kappa shape index (κ3) is 3.95. The molecular formula is C22H27N5O2. The molecule has 0 saturated carbocycles. The quantitative estimate of drug-likeness (QED) is 0.665. The van der Waals surface area contributed by atoms with Crippen LogP contribution < -0.4 is 4.74 Å². The molecule has 3 heterocycles. The molecule has 3 aromatic rings. The second-order valence-electron chi connectivity index (χ2n) is 7.58. The third-order valence-corrected chi connectivity index (χ3v) is 5.67. The molecule has 1 saturated heterocycles. The number of amides is 1. The lowest BCUT2D eigenvalue weighted by Crippen LogP contribution is -2.35. The van der Waals surface area contributed by atoms with Gasteiger partial charge in [0.15, 0.2) is 5.82 Å². The predicted octanol–water partition coefficient (Wildman–Crippen LogP) is 3.36. The number of methoxy groups -OCH3 is 1. The van der Waals surface area contributed by atoms with Gasteiger partial charge in [-0.25, -0.2) is 9.50 Å². The van der Waals surface area contributed by atoms with Crippen molar-refractivity contribution in [1.82, 2.24) is 24.5 Å². The van der Waals surface area contributed by atoms with Crippen LogP contribution in [0.1, 0.15) is 42.6 Å². The lowest BCUT2D eigenvalue weighted by atomic mass is 10.0. The molecule has 0 atom stereocenters. The molecule has 7 heteroatoms. The first kappa shape index (κ1) is 19.4. The molecule has 2 aromatic heterocycles. The number of likely N-dealkylation sites (tertiary alicyclic amines) is 1. The van der Waals surface area contributed by atoms with Crippen LogP contribution in [0.3, 0.4) is 0 Å². The van der Waals surface area contributed by atoms with Gasteiger partial charge in [0.2, 0.25) is 5.91 Å². The lowest BCUT2D eigenvalue weighted by molar-refractivity contribution is -0.132. The van der Waals surface area contributed by atoms with E-state index in [-0.39, 0.29) is 5.91 Å². The summed E-state index contributed by atoms with van der Waals surface area (Å²) in [7, 11) is 1.64. The zero-order valence-corrected chi connectivity index (χ0v) is 17.3. The van der Waals surface area contributed by atoms with Gasteiger partial charge in [-0.3, -0.25) is 4.79 Å². The molecular weight excluding hydrogens is 366 g/mol. The molecule has 152 valence electrons. The number of nitrogens with zero attached hydrogens (tertiary/aromatic N) is 5. The van der Waals surface area contributed by atoms with Crippen molar-refractivity contribution in [3.8, 4) is 17.1 Å². The number of carbonyl (C=O) groups excluding carboxylic acids is 1. The summed E-state index contributed by atoms with van der Waals surface area (Å²) in [4.78, 5) is 23.8. The zero-order valence-electron chi connectivity index (χ0n) is 17.3. The molecule has 29 heavy (non-hydrogen) atoms. The summed E-state index contributed by atoms with van der Waals surface area (Å²) in [5, 5.41) is 4.67. The number of benzene rings is 1. The van der Waals surface area contributed by atoms with Crippen LogP contribution in [0.5, 0.6) is 5.75 Å². The van der Waals surface area contributed by atoms with Crippen LogP contribution in [0.2, 0.25) is 0 Å². The molecule has 0 spiro atoms. The first-order valence-electron chi connectivity index (χ1n) is 10.2.